The molecule has 1 amide bonds. The number of ether oxygens (including phenoxy) is 1. The fourth-order valence-corrected chi connectivity index (χ4v) is 3.35. The summed E-state index contributed by atoms with van der Waals surface area (Å²) in [4.78, 5) is 11.5. The molecule has 0 unspecified atom stereocenters. The van der Waals surface area contributed by atoms with E-state index in [2.05, 4.69) is 25.3 Å². The first-order valence-electron chi connectivity index (χ1n) is 8.60. The zero-order valence-electron chi connectivity index (χ0n) is 15.4. The molecule has 28 heavy (non-hydrogen) atoms. The molecule has 2 N–H and O–H groups in total. The lowest BCUT2D eigenvalue weighted by Gasteiger charge is -2.09. The molecular weight excluding hydrogens is 384 g/mol. The fourth-order valence-electron chi connectivity index (χ4n) is 2.34. The topological polar surface area (TPSA) is 128 Å². The number of anilines is 1. The van der Waals surface area contributed by atoms with E-state index in [4.69, 9.17) is 4.74 Å². The number of nitrogens with zero attached hydrogens (tertiary/aromatic N) is 4. The SMILES string of the molecule is CCC(=O)Nc1ccc(S(=O)(=O)NCCOc2ccc3nnc(C)n3n2)cc1. The van der Waals surface area contributed by atoms with Gasteiger partial charge >= 0.3 is 0 Å². The summed E-state index contributed by atoms with van der Waals surface area (Å²) >= 11 is 0. The van der Waals surface area contributed by atoms with Crippen molar-refractivity contribution in [3.63, 3.8) is 0 Å². The Morgan fingerprint density at radius 2 is 1.89 bits per heavy atom. The smallest absolute Gasteiger partial charge is 0.240 e. The molecule has 0 saturated carbocycles. The van der Waals surface area contributed by atoms with Crippen molar-refractivity contribution >= 4 is 27.3 Å². The first kappa shape index (κ1) is 19.7. The summed E-state index contributed by atoms with van der Waals surface area (Å²) in [6.07, 6.45) is 0.348. The zero-order chi connectivity index (χ0) is 20.1. The van der Waals surface area contributed by atoms with Crippen molar-refractivity contribution in [2.24, 2.45) is 0 Å². The van der Waals surface area contributed by atoms with Gasteiger partial charge in [0, 0.05) is 24.7 Å². The van der Waals surface area contributed by atoms with E-state index in [1.165, 1.54) is 12.1 Å². The summed E-state index contributed by atoms with van der Waals surface area (Å²) in [6.45, 7) is 3.67. The number of hydrogen-bond acceptors (Lipinski definition) is 7. The van der Waals surface area contributed by atoms with Gasteiger partial charge in [-0.15, -0.1) is 15.3 Å². The van der Waals surface area contributed by atoms with Crippen LogP contribution in [-0.4, -0.2) is 47.3 Å². The molecule has 0 fully saturated rings. The average molecular weight is 404 g/mol. The number of benzene rings is 1. The van der Waals surface area contributed by atoms with E-state index >= 15 is 0 Å². The van der Waals surface area contributed by atoms with Gasteiger partial charge < -0.3 is 10.1 Å². The number of hydrogen-bond donors (Lipinski definition) is 2. The molecule has 2 heterocycles. The van der Waals surface area contributed by atoms with Crippen LogP contribution in [0.3, 0.4) is 0 Å². The molecule has 0 aliphatic carbocycles. The zero-order valence-corrected chi connectivity index (χ0v) is 16.2. The number of nitrogens with one attached hydrogen (secondary N) is 2. The minimum Gasteiger partial charge on any atom is -0.475 e. The van der Waals surface area contributed by atoms with Gasteiger partial charge in [-0.3, -0.25) is 4.79 Å². The number of rotatable bonds is 8. The van der Waals surface area contributed by atoms with Crippen molar-refractivity contribution in [1.82, 2.24) is 24.5 Å². The molecule has 0 radical (unpaired) electrons. The van der Waals surface area contributed by atoms with Crippen LogP contribution < -0.4 is 14.8 Å². The summed E-state index contributed by atoms with van der Waals surface area (Å²) in [5.74, 6) is 0.824. The van der Waals surface area contributed by atoms with Crippen LogP contribution in [-0.2, 0) is 14.8 Å². The van der Waals surface area contributed by atoms with Crippen LogP contribution in [0, 0.1) is 6.92 Å². The number of carbonyl (C=O) groups excluding carboxylic acids is 1. The van der Waals surface area contributed by atoms with Gasteiger partial charge in [-0.1, -0.05) is 6.92 Å². The Balaban J connectivity index is 1.54. The molecule has 0 bridgehead atoms. The molecule has 3 rings (SSSR count). The first-order chi connectivity index (χ1) is 13.4. The Morgan fingerprint density at radius 3 is 2.61 bits per heavy atom. The van der Waals surface area contributed by atoms with Crippen LogP contribution in [0.5, 0.6) is 5.88 Å². The van der Waals surface area contributed by atoms with Gasteiger partial charge in [0.25, 0.3) is 0 Å². The van der Waals surface area contributed by atoms with Crippen LogP contribution in [0.25, 0.3) is 5.65 Å². The number of sulfonamides is 1. The van der Waals surface area contributed by atoms with Crippen molar-refractivity contribution in [1.29, 1.82) is 0 Å². The van der Waals surface area contributed by atoms with E-state index in [1.807, 2.05) is 0 Å². The normalized spacial score (nSPS) is 11.5. The van der Waals surface area contributed by atoms with Gasteiger partial charge in [0.15, 0.2) is 11.5 Å². The van der Waals surface area contributed by atoms with E-state index in [-0.39, 0.29) is 24.0 Å². The van der Waals surface area contributed by atoms with Crippen molar-refractivity contribution in [2.45, 2.75) is 25.2 Å². The average Bonchev–Trinajstić information content (AvgIpc) is 3.06. The molecule has 1 aromatic carbocycles. The molecule has 10 nitrogen and oxygen atoms in total. The molecule has 2 aromatic heterocycles. The second-order valence-corrected chi connectivity index (χ2v) is 7.63. The van der Waals surface area contributed by atoms with Crippen molar-refractivity contribution < 1.29 is 17.9 Å². The summed E-state index contributed by atoms with van der Waals surface area (Å²) in [6, 6.07) is 9.29. The highest BCUT2D eigenvalue weighted by molar-refractivity contribution is 7.89. The van der Waals surface area contributed by atoms with Crippen LogP contribution in [0.4, 0.5) is 5.69 Å². The van der Waals surface area contributed by atoms with Gasteiger partial charge in [-0.05, 0) is 37.3 Å². The summed E-state index contributed by atoms with van der Waals surface area (Å²) in [5.41, 5.74) is 1.14. The third-order valence-corrected chi connectivity index (χ3v) is 5.28. The Kier molecular flexibility index (Phi) is 5.85. The molecule has 148 valence electrons. The van der Waals surface area contributed by atoms with E-state index in [0.29, 0.717) is 29.5 Å². The van der Waals surface area contributed by atoms with E-state index < -0.39 is 10.0 Å². The van der Waals surface area contributed by atoms with Crippen LogP contribution in [0.2, 0.25) is 0 Å². The quantitative estimate of drug-likeness (QED) is 0.539. The van der Waals surface area contributed by atoms with Crippen LogP contribution in [0.1, 0.15) is 19.2 Å². The van der Waals surface area contributed by atoms with E-state index in [0.717, 1.165) is 0 Å². The van der Waals surface area contributed by atoms with Crippen molar-refractivity contribution in [3.05, 3.63) is 42.2 Å². The Labute approximate surface area is 162 Å². The Bertz CT molecular complexity index is 1080. The Morgan fingerprint density at radius 1 is 1.14 bits per heavy atom. The number of amides is 1. The summed E-state index contributed by atoms with van der Waals surface area (Å²) in [7, 11) is -3.69. The van der Waals surface area contributed by atoms with Gasteiger partial charge in [0.2, 0.25) is 21.8 Å². The predicted molar refractivity (Wildman–Crippen MR) is 102 cm³/mol. The second-order valence-electron chi connectivity index (χ2n) is 5.86. The minimum absolute atomic E-state index is 0.0670. The maximum absolute atomic E-state index is 12.3. The number of carbonyl (C=O) groups is 1. The maximum atomic E-state index is 12.3. The van der Waals surface area contributed by atoms with Crippen molar-refractivity contribution in [3.8, 4) is 5.88 Å². The van der Waals surface area contributed by atoms with Gasteiger partial charge in [-0.2, -0.15) is 4.52 Å². The Hall–Kier alpha value is -3.05. The standard InChI is InChI=1S/C17H20N6O4S/c1-3-16(24)19-13-4-6-14(7-5-13)28(25,26)18-10-11-27-17-9-8-15-21-20-12(2)23(15)22-17/h4-9,18H,3,10-11H2,1-2H3,(H,19,24). The monoisotopic (exact) mass is 404 g/mol. The molecular formula is C17H20N6O4S. The van der Waals surface area contributed by atoms with Gasteiger partial charge in [-0.25, -0.2) is 13.1 Å². The molecule has 0 aliphatic rings. The third kappa shape index (κ3) is 4.61. The van der Waals surface area contributed by atoms with E-state index in [1.54, 1.807) is 42.6 Å². The van der Waals surface area contributed by atoms with Crippen LogP contribution in [0.15, 0.2) is 41.3 Å². The predicted octanol–water partition coefficient (Wildman–Crippen LogP) is 1.14. The highest BCUT2D eigenvalue weighted by Gasteiger charge is 2.13. The molecule has 3 aromatic rings. The lowest BCUT2D eigenvalue weighted by atomic mass is 10.3. The van der Waals surface area contributed by atoms with Gasteiger partial charge in [0.05, 0.1) is 4.90 Å². The lowest BCUT2D eigenvalue weighted by Crippen LogP contribution is -2.28. The number of aryl methyl sites for hydroxylation is 1. The number of aromatic nitrogens is 4. The third-order valence-electron chi connectivity index (χ3n) is 3.81. The minimum atomic E-state index is -3.69. The fraction of sp³-hybridized carbons (Fsp3) is 0.294. The summed E-state index contributed by atoms with van der Waals surface area (Å²) in [5, 5.41) is 14.7. The highest BCUT2D eigenvalue weighted by atomic mass is 32.2. The van der Waals surface area contributed by atoms with Gasteiger partial charge in [0.1, 0.15) is 6.61 Å². The summed E-state index contributed by atoms with van der Waals surface area (Å²) < 4.78 is 34.1. The molecule has 0 spiro atoms. The first-order valence-corrected chi connectivity index (χ1v) is 10.1. The largest absolute Gasteiger partial charge is 0.475 e. The molecule has 11 heteroatoms. The molecule has 0 saturated heterocycles. The highest BCUT2D eigenvalue weighted by Crippen LogP contribution is 2.14. The second kappa shape index (κ2) is 8.31. The van der Waals surface area contributed by atoms with Crippen molar-refractivity contribution in [2.75, 3.05) is 18.5 Å². The van der Waals surface area contributed by atoms with Crippen LogP contribution >= 0.6 is 0 Å². The number of fused-ring (bicyclic) bond motifs is 1. The maximum Gasteiger partial charge on any atom is 0.240 e. The molecule has 0 aliphatic heterocycles. The van der Waals surface area contributed by atoms with E-state index in [9.17, 15) is 13.2 Å². The molecule has 0 atom stereocenters. The lowest BCUT2D eigenvalue weighted by molar-refractivity contribution is -0.115.